The summed E-state index contributed by atoms with van der Waals surface area (Å²) in [6.07, 6.45) is 6.03. The van der Waals surface area contributed by atoms with Gasteiger partial charge in [0.1, 0.15) is 11.4 Å². The van der Waals surface area contributed by atoms with E-state index in [0.29, 0.717) is 17.0 Å². The zero-order valence-corrected chi connectivity index (χ0v) is 20.7. The van der Waals surface area contributed by atoms with Crippen LogP contribution in [0.25, 0.3) is 5.65 Å². The first-order chi connectivity index (χ1) is 17.6. The molecule has 0 aliphatic heterocycles. The highest BCUT2D eigenvalue weighted by Gasteiger charge is 2.25. The van der Waals surface area contributed by atoms with Crippen LogP contribution in [-0.4, -0.2) is 32.2 Å². The second-order valence-electron chi connectivity index (χ2n) is 8.57. The molecule has 2 aromatic carbocycles. The second kappa shape index (κ2) is 10.1. The van der Waals surface area contributed by atoms with Crippen LogP contribution >= 0.6 is 0 Å². The van der Waals surface area contributed by atoms with Crippen LogP contribution in [0, 0.1) is 0 Å². The van der Waals surface area contributed by atoms with Gasteiger partial charge in [0.15, 0.2) is 0 Å². The summed E-state index contributed by atoms with van der Waals surface area (Å²) in [6.45, 7) is 4.84. The lowest BCUT2D eigenvalue weighted by atomic mass is 9.87. The summed E-state index contributed by atoms with van der Waals surface area (Å²) in [6, 6.07) is 22.6. The fourth-order valence-electron chi connectivity index (χ4n) is 4.66. The maximum absolute atomic E-state index is 13.3. The summed E-state index contributed by atoms with van der Waals surface area (Å²) in [7, 11) is 1.57. The van der Waals surface area contributed by atoms with Crippen molar-refractivity contribution < 1.29 is 9.53 Å². The van der Waals surface area contributed by atoms with Gasteiger partial charge in [-0.25, -0.2) is 4.98 Å². The Kier molecular flexibility index (Phi) is 6.54. The first kappa shape index (κ1) is 23.4. The monoisotopic (exact) mass is 479 g/mol. The molecule has 3 heterocycles. The molecule has 0 unspecified atom stereocenters. The SMILES string of the molecule is CCc1c(C(c2ccccc2)c2ccccc2)nc2cc(OC)c(C(=O)Nc3cnn(CC)c3)cn12. The Morgan fingerprint density at radius 1 is 1.00 bits per heavy atom. The molecule has 0 fully saturated rings. The van der Waals surface area contributed by atoms with Crippen molar-refractivity contribution in [3.05, 3.63) is 113 Å². The van der Waals surface area contributed by atoms with Crippen LogP contribution in [0.3, 0.4) is 0 Å². The highest BCUT2D eigenvalue weighted by molar-refractivity contribution is 6.06. The number of amides is 1. The van der Waals surface area contributed by atoms with E-state index < -0.39 is 0 Å². The number of nitrogens with zero attached hydrogens (tertiary/aromatic N) is 4. The number of methoxy groups -OCH3 is 1. The van der Waals surface area contributed by atoms with Gasteiger partial charge >= 0.3 is 0 Å². The van der Waals surface area contributed by atoms with E-state index in [-0.39, 0.29) is 11.8 Å². The Balaban J connectivity index is 1.63. The number of anilines is 1. The van der Waals surface area contributed by atoms with Crippen molar-refractivity contribution in [2.75, 3.05) is 12.4 Å². The lowest BCUT2D eigenvalue weighted by Crippen LogP contribution is -2.14. The predicted octanol–water partition coefficient (Wildman–Crippen LogP) is 5.55. The third kappa shape index (κ3) is 4.35. The number of pyridine rings is 1. The smallest absolute Gasteiger partial charge is 0.261 e. The van der Waals surface area contributed by atoms with E-state index in [1.54, 1.807) is 24.2 Å². The number of carbonyl (C=O) groups excluding carboxylic acids is 1. The maximum atomic E-state index is 13.3. The normalized spacial score (nSPS) is 11.2. The zero-order valence-electron chi connectivity index (χ0n) is 20.7. The van der Waals surface area contributed by atoms with Gasteiger partial charge in [0.2, 0.25) is 0 Å². The van der Waals surface area contributed by atoms with Gasteiger partial charge in [0.05, 0.1) is 36.2 Å². The van der Waals surface area contributed by atoms with Crippen molar-refractivity contribution in [2.24, 2.45) is 0 Å². The van der Waals surface area contributed by atoms with Crippen LogP contribution < -0.4 is 10.1 Å². The quantitative estimate of drug-likeness (QED) is 0.316. The molecule has 0 saturated heterocycles. The van der Waals surface area contributed by atoms with Crippen LogP contribution in [0.5, 0.6) is 5.75 Å². The predicted molar refractivity (Wildman–Crippen MR) is 141 cm³/mol. The van der Waals surface area contributed by atoms with Crippen LogP contribution in [0.2, 0.25) is 0 Å². The average Bonchev–Trinajstić information content (AvgIpc) is 3.52. The first-order valence-electron chi connectivity index (χ1n) is 12.2. The lowest BCUT2D eigenvalue weighted by molar-refractivity contribution is 0.102. The molecule has 182 valence electrons. The number of carbonyl (C=O) groups is 1. The van der Waals surface area contributed by atoms with E-state index in [9.17, 15) is 4.79 Å². The van der Waals surface area contributed by atoms with Gasteiger partial charge in [-0.2, -0.15) is 5.10 Å². The molecule has 36 heavy (non-hydrogen) atoms. The summed E-state index contributed by atoms with van der Waals surface area (Å²) >= 11 is 0. The molecule has 1 N–H and O–H groups in total. The van der Waals surface area contributed by atoms with E-state index in [1.165, 1.54) is 11.1 Å². The summed E-state index contributed by atoms with van der Waals surface area (Å²) in [5, 5.41) is 7.17. The number of rotatable bonds is 8. The van der Waals surface area contributed by atoms with Crippen molar-refractivity contribution in [2.45, 2.75) is 32.7 Å². The zero-order chi connectivity index (χ0) is 25.1. The van der Waals surface area contributed by atoms with Gasteiger partial charge in [0, 0.05) is 30.7 Å². The van der Waals surface area contributed by atoms with Crippen molar-refractivity contribution in [3.63, 3.8) is 0 Å². The van der Waals surface area contributed by atoms with Crippen LogP contribution in [0.4, 0.5) is 5.69 Å². The van der Waals surface area contributed by atoms with E-state index in [1.807, 2.05) is 35.7 Å². The topological polar surface area (TPSA) is 73.4 Å². The summed E-state index contributed by atoms with van der Waals surface area (Å²) in [5.74, 6) is 0.174. The van der Waals surface area contributed by atoms with Crippen LogP contribution in [-0.2, 0) is 13.0 Å². The standard InChI is InChI=1S/C29H29N5O2/c1-4-24-28(27(20-12-8-6-9-13-20)21-14-10-7-11-15-21)32-26-16-25(36-3)23(19-34(24)26)29(35)31-22-17-30-33(5-2)18-22/h6-19,27H,4-5H2,1-3H3,(H,31,35). The molecular formula is C29H29N5O2. The summed E-state index contributed by atoms with van der Waals surface area (Å²) in [4.78, 5) is 18.3. The van der Waals surface area contributed by atoms with Crippen molar-refractivity contribution in [3.8, 4) is 5.75 Å². The van der Waals surface area contributed by atoms with Gasteiger partial charge in [-0.15, -0.1) is 0 Å². The third-order valence-electron chi connectivity index (χ3n) is 6.41. The molecule has 5 aromatic rings. The number of imidazole rings is 1. The maximum Gasteiger partial charge on any atom is 0.261 e. The first-order valence-corrected chi connectivity index (χ1v) is 12.2. The number of hydrogen-bond donors (Lipinski definition) is 1. The van der Waals surface area contributed by atoms with Crippen molar-refractivity contribution in [1.29, 1.82) is 0 Å². The minimum Gasteiger partial charge on any atom is -0.496 e. The Morgan fingerprint density at radius 2 is 1.67 bits per heavy atom. The van der Waals surface area contributed by atoms with Crippen LogP contribution in [0.15, 0.2) is 85.3 Å². The molecule has 0 radical (unpaired) electrons. The molecule has 0 bridgehead atoms. The van der Waals surface area contributed by atoms with Gasteiger partial charge < -0.3 is 14.5 Å². The molecule has 0 saturated carbocycles. The molecular weight excluding hydrogens is 450 g/mol. The van der Waals surface area contributed by atoms with E-state index in [2.05, 4.69) is 65.9 Å². The Morgan fingerprint density at radius 3 is 2.22 bits per heavy atom. The largest absolute Gasteiger partial charge is 0.496 e. The lowest BCUT2D eigenvalue weighted by Gasteiger charge is -2.18. The van der Waals surface area contributed by atoms with Gasteiger partial charge in [-0.05, 0) is 24.5 Å². The summed E-state index contributed by atoms with van der Waals surface area (Å²) < 4.78 is 9.40. The van der Waals surface area contributed by atoms with Crippen molar-refractivity contribution in [1.82, 2.24) is 19.2 Å². The Labute approximate surface area is 210 Å². The molecule has 7 heteroatoms. The van der Waals surface area contributed by atoms with E-state index in [4.69, 9.17) is 9.72 Å². The second-order valence-corrected chi connectivity index (χ2v) is 8.57. The van der Waals surface area contributed by atoms with Gasteiger partial charge in [-0.1, -0.05) is 67.6 Å². The van der Waals surface area contributed by atoms with Gasteiger partial charge in [-0.3, -0.25) is 9.48 Å². The highest BCUT2D eigenvalue weighted by Crippen LogP contribution is 2.35. The minimum absolute atomic E-state index is 0.0367. The van der Waals surface area contributed by atoms with Crippen molar-refractivity contribution >= 4 is 17.2 Å². The number of fused-ring (bicyclic) bond motifs is 1. The molecule has 0 aliphatic carbocycles. The van der Waals surface area contributed by atoms with Gasteiger partial charge in [0.25, 0.3) is 5.91 Å². The third-order valence-corrected chi connectivity index (χ3v) is 6.41. The number of aryl methyl sites for hydroxylation is 2. The number of benzene rings is 2. The number of nitrogens with one attached hydrogen (secondary N) is 1. The number of hydrogen-bond acceptors (Lipinski definition) is 4. The Bertz CT molecular complexity index is 1450. The molecule has 0 aliphatic rings. The fraction of sp³-hybridized carbons (Fsp3) is 0.207. The molecule has 7 nitrogen and oxygen atoms in total. The average molecular weight is 480 g/mol. The number of aromatic nitrogens is 4. The molecule has 1 amide bonds. The Hall–Kier alpha value is -4.39. The highest BCUT2D eigenvalue weighted by atomic mass is 16.5. The van der Waals surface area contributed by atoms with E-state index >= 15 is 0 Å². The molecule has 0 spiro atoms. The number of ether oxygens (including phenoxy) is 1. The van der Waals surface area contributed by atoms with Crippen LogP contribution in [0.1, 0.15) is 52.6 Å². The minimum atomic E-state index is -0.260. The van der Waals surface area contributed by atoms with E-state index in [0.717, 1.165) is 30.0 Å². The fourth-order valence-corrected chi connectivity index (χ4v) is 4.66. The molecule has 3 aromatic heterocycles. The summed E-state index contributed by atoms with van der Waals surface area (Å²) in [5.41, 5.74) is 6.17. The molecule has 0 atom stereocenters. The molecule has 5 rings (SSSR count).